The van der Waals surface area contributed by atoms with Gasteiger partial charge in [-0.25, -0.2) is 4.79 Å². The molecule has 0 aliphatic rings. The molecule has 0 bridgehead atoms. The number of aromatic amines is 1. The van der Waals surface area contributed by atoms with E-state index in [9.17, 15) is 9.59 Å². The first-order valence-electron chi connectivity index (χ1n) is 6.84. The summed E-state index contributed by atoms with van der Waals surface area (Å²) in [6, 6.07) is 6.80. The van der Waals surface area contributed by atoms with Crippen LogP contribution in [-0.2, 0) is 17.8 Å². The molecule has 0 aliphatic heterocycles. The molecule has 112 valence electrons. The summed E-state index contributed by atoms with van der Waals surface area (Å²) < 4.78 is 6.32. The summed E-state index contributed by atoms with van der Waals surface area (Å²) in [6.07, 6.45) is 2.71. The summed E-state index contributed by atoms with van der Waals surface area (Å²) in [5.74, 6) is -0.391. The van der Waals surface area contributed by atoms with Crippen molar-refractivity contribution in [3.63, 3.8) is 0 Å². The van der Waals surface area contributed by atoms with E-state index in [-0.39, 0.29) is 5.56 Å². The minimum atomic E-state index is -0.391. The molecule has 2 aromatic rings. The van der Waals surface area contributed by atoms with E-state index in [0.717, 1.165) is 17.8 Å². The zero-order valence-corrected chi connectivity index (χ0v) is 12.2. The lowest BCUT2D eigenvalue weighted by Crippen LogP contribution is -2.18. The minimum absolute atomic E-state index is 0.00440. The molecule has 2 heterocycles. The van der Waals surface area contributed by atoms with Gasteiger partial charge in [0.05, 0.1) is 19.3 Å². The van der Waals surface area contributed by atoms with Gasteiger partial charge < -0.3 is 19.6 Å². The van der Waals surface area contributed by atoms with Gasteiger partial charge in [0.25, 0.3) is 5.56 Å². The summed E-state index contributed by atoms with van der Waals surface area (Å²) in [6.45, 7) is 3.25. The van der Waals surface area contributed by atoms with Crippen molar-refractivity contribution in [2.24, 2.45) is 0 Å². The first-order chi connectivity index (χ1) is 10.1. The number of nitrogens with zero attached hydrogens (tertiary/aromatic N) is 1. The zero-order valence-electron chi connectivity index (χ0n) is 12.2. The molecule has 0 aliphatic carbocycles. The first-order valence-corrected chi connectivity index (χ1v) is 6.84. The van der Waals surface area contributed by atoms with Gasteiger partial charge in [-0.3, -0.25) is 4.79 Å². The van der Waals surface area contributed by atoms with Crippen molar-refractivity contribution in [1.29, 1.82) is 0 Å². The average Bonchev–Trinajstić information content (AvgIpc) is 2.96. The van der Waals surface area contributed by atoms with Gasteiger partial charge in [0, 0.05) is 24.5 Å². The Morgan fingerprint density at radius 1 is 1.33 bits per heavy atom. The fourth-order valence-corrected chi connectivity index (χ4v) is 2.02. The van der Waals surface area contributed by atoms with Gasteiger partial charge >= 0.3 is 5.97 Å². The van der Waals surface area contributed by atoms with Crippen molar-refractivity contribution in [3.05, 3.63) is 52.2 Å². The van der Waals surface area contributed by atoms with Crippen LogP contribution in [0, 0.1) is 0 Å². The van der Waals surface area contributed by atoms with Crippen molar-refractivity contribution in [2.75, 3.05) is 12.4 Å². The van der Waals surface area contributed by atoms with Crippen molar-refractivity contribution in [2.45, 2.75) is 26.4 Å². The van der Waals surface area contributed by atoms with E-state index in [1.165, 1.54) is 7.11 Å². The zero-order chi connectivity index (χ0) is 15.2. The number of methoxy groups -OCH3 is 1. The number of H-pyrrole nitrogens is 1. The van der Waals surface area contributed by atoms with E-state index in [0.29, 0.717) is 18.8 Å². The lowest BCUT2D eigenvalue weighted by molar-refractivity contribution is 0.0594. The second-order valence-electron chi connectivity index (χ2n) is 4.69. The number of aromatic nitrogens is 2. The van der Waals surface area contributed by atoms with Gasteiger partial charge in [-0.1, -0.05) is 6.92 Å². The highest BCUT2D eigenvalue weighted by molar-refractivity contribution is 5.87. The molecule has 0 saturated heterocycles. The number of esters is 1. The molecule has 6 nitrogen and oxygen atoms in total. The quantitative estimate of drug-likeness (QED) is 0.797. The number of nitrogens with one attached hydrogen (secondary N) is 2. The molecule has 6 heteroatoms. The number of ether oxygens (including phenoxy) is 1. The normalized spacial score (nSPS) is 10.4. The third kappa shape index (κ3) is 3.75. The predicted molar refractivity (Wildman–Crippen MR) is 80.5 cm³/mol. The molecule has 0 radical (unpaired) electrons. The second-order valence-corrected chi connectivity index (χ2v) is 4.69. The van der Waals surface area contributed by atoms with Crippen LogP contribution in [0.4, 0.5) is 5.69 Å². The van der Waals surface area contributed by atoms with E-state index in [2.05, 4.69) is 15.0 Å². The number of carbonyl (C=O) groups is 1. The van der Waals surface area contributed by atoms with Crippen LogP contribution in [0.15, 0.2) is 35.3 Å². The molecule has 0 amide bonds. The first kappa shape index (κ1) is 14.9. The number of hydrogen-bond donors (Lipinski definition) is 2. The Labute approximate surface area is 122 Å². The van der Waals surface area contributed by atoms with Crippen LogP contribution >= 0.6 is 0 Å². The Hall–Kier alpha value is -2.50. The van der Waals surface area contributed by atoms with E-state index >= 15 is 0 Å². The number of rotatable bonds is 6. The molecule has 2 N–H and O–H groups in total. The Balaban J connectivity index is 2.02. The fraction of sp³-hybridized carbons (Fsp3) is 0.333. The molecule has 0 saturated carbocycles. The summed E-state index contributed by atoms with van der Waals surface area (Å²) >= 11 is 0. The Morgan fingerprint density at radius 3 is 2.86 bits per heavy atom. The fourth-order valence-electron chi connectivity index (χ4n) is 2.02. The van der Waals surface area contributed by atoms with Gasteiger partial charge in [-0.2, -0.15) is 0 Å². The maximum atomic E-state index is 11.6. The average molecular weight is 289 g/mol. The van der Waals surface area contributed by atoms with Crippen molar-refractivity contribution >= 4 is 11.7 Å². The molecule has 0 aromatic carbocycles. The lowest BCUT2D eigenvalue weighted by atomic mass is 10.3. The molecule has 2 rings (SSSR count). The summed E-state index contributed by atoms with van der Waals surface area (Å²) in [5.41, 5.74) is 2.14. The monoisotopic (exact) mass is 289 g/mol. The molecule has 0 spiro atoms. The van der Waals surface area contributed by atoms with Crippen LogP contribution in [-0.4, -0.2) is 22.6 Å². The SMILES string of the molecule is CCCn1cc(NCc2ccc(C(=O)OC)[nH]2)ccc1=O. The number of pyridine rings is 1. The predicted octanol–water partition coefficient (Wildman–Crippen LogP) is 1.99. The number of carbonyl (C=O) groups excluding carboxylic acids is 1. The van der Waals surface area contributed by atoms with Crippen LogP contribution in [0.3, 0.4) is 0 Å². The second kappa shape index (κ2) is 6.78. The van der Waals surface area contributed by atoms with E-state index in [1.54, 1.807) is 29.0 Å². The van der Waals surface area contributed by atoms with Gasteiger partial charge in [-0.15, -0.1) is 0 Å². The third-order valence-electron chi connectivity index (χ3n) is 3.08. The summed E-state index contributed by atoms with van der Waals surface area (Å²) in [7, 11) is 1.35. The number of hydrogen-bond acceptors (Lipinski definition) is 4. The van der Waals surface area contributed by atoms with Crippen molar-refractivity contribution in [1.82, 2.24) is 9.55 Å². The summed E-state index contributed by atoms with van der Waals surface area (Å²) in [5, 5.41) is 3.21. The Bertz CT molecular complexity index is 673. The van der Waals surface area contributed by atoms with Crippen LogP contribution < -0.4 is 10.9 Å². The molecular weight excluding hydrogens is 270 g/mol. The topological polar surface area (TPSA) is 76.1 Å². The highest BCUT2D eigenvalue weighted by Gasteiger charge is 2.07. The lowest BCUT2D eigenvalue weighted by Gasteiger charge is -2.09. The van der Waals surface area contributed by atoms with Crippen molar-refractivity contribution in [3.8, 4) is 0 Å². The Kier molecular flexibility index (Phi) is 4.81. The molecule has 0 atom stereocenters. The standard InChI is InChI=1S/C15H19N3O3/c1-3-8-18-10-12(5-7-14(18)19)16-9-11-4-6-13(17-11)15(20)21-2/h4-7,10,16-17H,3,8-9H2,1-2H3. The number of anilines is 1. The van der Waals surface area contributed by atoms with Crippen LogP contribution in [0.2, 0.25) is 0 Å². The van der Waals surface area contributed by atoms with E-state index < -0.39 is 5.97 Å². The maximum Gasteiger partial charge on any atom is 0.354 e. The van der Waals surface area contributed by atoms with Gasteiger partial charge in [-0.05, 0) is 24.6 Å². The number of aryl methyl sites for hydroxylation is 1. The third-order valence-corrected chi connectivity index (χ3v) is 3.08. The smallest absolute Gasteiger partial charge is 0.354 e. The van der Waals surface area contributed by atoms with Crippen LogP contribution in [0.25, 0.3) is 0 Å². The highest BCUT2D eigenvalue weighted by Crippen LogP contribution is 2.08. The van der Waals surface area contributed by atoms with E-state index in [1.807, 2.05) is 13.0 Å². The molecule has 0 unspecified atom stereocenters. The van der Waals surface area contributed by atoms with Gasteiger partial charge in [0.1, 0.15) is 5.69 Å². The van der Waals surface area contributed by atoms with Gasteiger partial charge in [0.2, 0.25) is 0 Å². The molecule has 2 aromatic heterocycles. The largest absolute Gasteiger partial charge is 0.464 e. The summed E-state index contributed by atoms with van der Waals surface area (Å²) in [4.78, 5) is 25.9. The molecule has 21 heavy (non-hydrogen) atoms. The van der Waals surface area contributed by atoms with Crippen molar-refractivity contribution < 1.29 is 9.53 Å². The maximum absolute atomic E-state index is 11.6. The molecular formula is C15H19N3O3. The minimum Gasteiger partial charge on any atom is -0.464 e. The van der Waals surface area contributed by atoms with Crippen LogP contribution in [0.5, 0.6) is 0 Å². The van der Waals surface area contributed by atoms with Crippen LogP contribution in [0.1, 0.15) is 29.5 Å². The Morgan fingerprint density at radius 2 is 2.14 bits per heavy atom. The van der Waals surface area contributed by atoms with E-state index in [4.69, 9.17) is 0 Å². The highest BCUT2D eigenvalue weighted by atomic mass is 16.5. The molecule has 0 fully saturated rings. The van der Waals surface area contributed by atoms with Gasteiger partial charge in [0.15, 0.2) is 0 Å².